The third kappa shape index (κ3) is 4.70. The SMILES string of the molecule is COc1ccc(/C=C2\N=C(SCC(=O)c3c[nH]c4ccccc34)N(c3cc(C)cc(C)c3)C2=O)cc1. The van der Waals surface area contributed by atoms with Gasteiger partial charge in [0.05, 0.1) is 18.6 Å². The number of aliphatic imine (C=N–C) groups is 1. The van der Waals surface area contributed by atoms with Crippen LogP contribution in [0.4, 0.5) is 5.69 Å². The number of aromatic nitrogens is 1. The van der Waals surface area contributed by atoms with Crippen molar-refractivity contribution in [3.05, 3.63) is 101 Å². The van der Waals surface area contributed by atoms with E-state index < -0.39 is 0 Å². The number of aromatic amines is 1. The van der Waals surface area contributed by atoms with Gasteiger partial charge < -0.3 is 9.72 Å². The van der Waals surface area contributed by atoms with Crippen LogP contribution >= 0.6 is 11.8 Å². The van der Waals surface area contributed by atoms with Crippen LogP contribution in [0.3, 0.4) is 0 Å². The Balaban J connectivity index is 1.46. The lowest BCUT2D eigenvalue weighted by Crippen LogP contribution is -2.31. The number of ether oxygens (including phenoxy) is 1. The lowest BCUT2D eigenvalue weighted by molar-refractivity contribution is -0.113. The average molecular weight is 496 g/mol. The van der Waals surface area contributed by atoms with Gasteiger partial charge in [-0.3, -0.25) is 14.5 Å². The van der Waals surface area contributed by atoms with Crippen LogP contribution in [0.5, 0.6) is 5.75 Å². The van der Waals surface area contributed by atoms with Crippen molar-refractivity contribution in [1.82, 2.24) is 4.98 Å². The normalized spacial score (nSPS) is 14.5. The number of carbonyl (C=O) groups is 2. The van der Waals surface area contributed by atoms with Crippen LogP contribution in [0.2, 0.25) is 0 Å². The number of para-hydroxylation sites is 1. The van der Waals surface area contributed by atoms with E-state index in [1.807, 2.05) is 74.5 Å². The summed E-state index contributed by atoms with van der Waals surface area (Å²) in [4.78, 5) is 36.1. The molecule has 0 spiro atoms. The quantitative estimate of drug-likeness (QED) is 0.257. The van der Waals surface area contributed by atoms with Gasteiger partial charge in [-0.15, -0.1) is 0 Å². The minimum absolute atomic E-state index is 0.0273. The number of carbonyl (C=O) groups excluding carboxylic acids is 2. The maximum atomic E-state index is 13.5. The first kappa shape index (κ1) is 23.6. The molecule has 7 heteroatoms. The average Bonchev–Trinajstić information content (AvgIpc) is 3.43. The summed E-state index contributed by atoms with van der Waals surface area (Å²) in [5.41, 5.74) is 5.54. The number of fused-ring (bicyclic) bond motifs is 1. The number of hydrogen-bond donors (Lipinski definition) is 1. The molecule has 1 amide bonds. The number of ketones is 1. The monoisotopic (exact) mass is 495 g/mol. The maximum Gasteiger partial charge on any atom is 0.283 e. The topological polar surface area (TPSA) is 74.8 Å². The van der Waals surface area contributed by atoms with Crippen molar-refractivity contribution < 1.29 is 14.3 Å². The molecule has 180 valence electrons. The fourth-order valence-corrected chi connectivity index (χ4v) is 5.16. The van der Waals surface area contributed by atoms with Gasteiger partial charge in [-0.05, 0) is 66.9 Å². The molecular weight excluding hydrogens is 470 g/mol. The number of hydrogen-bond acceptors (Lipinski definition) is 5. The van der Waals surface area contributed by atoms with Crippen LogP contribution in [-0.4, -0.2) is 34.7 Å². The smallest absolute Gasteiger partial charge is 0.283 e. The predicted molar refractivity (Wildman–Crippen MR) is 147 cm³/mol. The summed E-state index contributed by atoms with van der Waals surface area (Å²) in [6, 6.07) is 21.1. The number of thioether (sulfide) groups is 1. The van der Waals surface area contributed by atoms with E-state index in [0.717, 1.165) is 39.0 Å². The van der Waals surface area contributed by atoms with E-state index in [1.165, 1.54) is 11.8 Å². The van der Waals surface area contributed by atoms with Crippen molar-refractivity contribution in [1.29, 1.82) is 0 Å². The van der Waals surface area contributed by atoms with E-state index >= 15 is 0 Å². The number of nitrogens with one attached hydrogen (secondary N) is 1. The zero-order valence-electron chi connectivity index (χ0n) is 20.2. The summed E-state index contributed by atoms with van der Waals surface area (Å²) < 4.78 is 5.23. The van der Waals surface area contributed by atoms with Gasteiger partial charge in [-0.25, -0.2) is 4.99 Å². The van der Waals surface area contributed by atoms with Gasteiger partial charge in [0, 0.05) is 22.7 Å². The van der Waals surface area contributed by atoms with Crippen LogP contribution in [0, 0.1) is 13.8 Å². The highest BCUT2D eigenvalue weighted by Gasteiger charge is 2.33. The lowest BCUT2D eigenvalue weighted by atomic mass is 10.1. The molecule has 0 saturated carbocycles. The number of aryl methyl sites for hydroxylation is 2. The van der Waals surface area contributed by atoms with Gasteiger partial charge in [-0.1, -0.05) is 48.2 Å². The molecule has 0 aliphatic carbocycles. The summed E-state index contributed by atoms with van der Waals surface area (Å²) in [5.74, 6) is 0.645. The molecule has 1 aromatic heterocycles. The Bertz CT molecular complexity index is 1510. The largest absolute Gasteiger partial charge is 0.497 e. The molecule has 1 N–H and O–H groups in total. The molecule has 3 aromatic carbocycles. The summed E-state index contributed by atoms with van der Waals surface area (Å²) in [7, 11) is 1.61. The van der Waals surface area contributed by atoms with E-state index in [4.69, 9.17) is 4.74 Å². The second-order valence-corrected chi connectivity index (χ2v) is 9.59. The molecular formula is C29H25N3O3S. The van der Waals surface area contributed by atoms with Gasteiger partial charge in [-0.2, -0.15) is 0 Å². The third-order valence-electron chi connectivity index (χ3n) is 5.94. The Hall–Kier alpha value is -4.10. The summed E-state index contributed by atoms with van der Waals surface area (Å²) in [6.07, 6.45) is 3.50. The van der Waals surface area contributed by atoms with Crippen molar-refractivity contribution in [2.45, 2.75) is 13.8 Å². The molecule has 6 nitrogen and oxygen atoms in total. The maximum absolute atomic E-state index is 13.5. The summed E-state index contributed by atoms with van der Waals surface area (Å²) in [6.45, 7) is 3.99. The summed E-state index contributed by atoms with van der Waals surface area (Å²) in [5, 5.41) is 1.37. The van der Waals surface area contributed by atoms with E-state index in [-0.39, 0.29) is 17.4 Å². The number of benzene rings is 3. The number of rotatable bonds is 6. The number of amidine groups is 1. The second kappa shape index (κ2) is 9.87. The van der Waals surface area contributed by atoms with Crippen LogP contribution in [0.25, 0.3) is 17.0 Å². The molecule has 0 saturated heterocycles. The molecule has 5 rings (SSSR count). The number of Topliss-reactive ketones (excluding diaryl/α,β-unsaturated/α-hetero) is 1. The molecule has 0 bridgehead atoms. The molecule has 2 heterocycles. The van der Waals surface area contributed by atoms with Crippen molar-refractivity contribution in [2.24, 2.45) is 4.99 Å². The van der Waals surface area contributed by atoms with E-state index in [1.54, 1.807) is 24.3 Å². The summed E-state index contributed by atoms with van der Waals surface area (Å²) >= 11 is 1.27. The zero-order chi connectivity index (χ0) is 25.2. The van der Waals surface area contributed by atoms with Gasteiger partial charge >= 0.3 is 0 Å². The Labute approximate surface area is 213 Å². The second-order valence-electron chi connectivity index (χ2n) is 8.64. The molecule has 0 fully saturated rings. The van der Waals surface area contributed by atoms with E-state index in [2.05, 4.69) is 16.0 Å². The highest BCUT2D eigenvalue weighted by atomic mass is 32.2. The van der Waals surface area contributed by atoms with Crippen molar-refractivity contribution in [3.8, 4) is 5.75 Å². The molecule has 0 unspecified atom stereocenters. The zero-order valence-corrected chi connectivity index (χ0v) is 21.1. The number of anilines is 1. The highest BCUT2D eigenvalue weighted by Crippen LogP contribution is 2.31. The van der Waals surface area contributed by atoms with Gasteiger partial charge in [0.1, 0.15) is 11.4 Å². The van der Waals surface area contributed by atoms with Crippen molar-refractivity contribution in [3.63, 3.8) is 0 Å². The van der Waals surface area contributed by atoms with Gasteiger partial charge in [0.25, 0.3) is 5.91 Å². The molecule has 1 aliphatic rings. The Morgan fingerprint density at radius 2 is 1.78 bits per heavy atom. The first-order chi connectivity index (χ1) is 17.4. The third-order valence-corrected chi connectivity index (χ3v) is 6.87. The molecule has 36 heavy (non-hydrogen) atoms. The highest BCUT2D eigenvalue weighted by molar-refractivity contribution is 8.14. The van der Waals surface area contributed by atoms with Crippen LogP contribution in [0.15, 0.2) is 83.6 Å². The first-order valence-corrected chi connectivity index (χ1v) is 12.5. The molecule has 0 radical (unpaired) electrons. The minimum Gasteiger partial charge on any atom is -0.497 e. The van der Waals surface area contributed by atoms with Crippen LogP contribution in [-0.2, 0) is 4.79 Å². The van der Waals surface area contributed by atoms with E-state index in [9.17, 15) is 9.59 Å². The molecule has 0 atom stereocenters. The van der Waals surface area contributed by atoms with Gasteiger partial charge in [0.15, 0.2) is 11.0 Å². The minimum atomic E-state index is -0.224. The fraction of sp³-hybridized carbons (Fsp3) is 0.138. The number of nitrogens with zero attached hydrogens (tertiary/aromatic N) is 2. The van der Waals surface area contributed by atoms with E-state index in [0.29, 0.717) is 16.4 Å². The Morgan fingerprint density at radius 3 is 2.50 bits per heavy atom. The lowest BCUT2D eigenvalue weighted by Gasteiger charge is -2.19. The number of methoxy groups -OCH3 is 1. The number of amides is 1. The van der Waals surface area contributed by atoms with Crippen molar-refractivity contribution >= 4 is 51.3 Å². The predicted octanol–water partition coefficient (Wildman–Crippen LogP) is 6.15. The first-order valence-electron chi connectivity index (χ1n) is 11.5. The molecule has 1 aliphatic heterocycles. The Morgan fingerprint density at radius 1 is 1.06 bits per heavy atom. The fourth-order valence-electron chi connectivity index (χ4n) is 4.27. The van der Waals surface area contributed by atoms with Crippen LogP contribution in [0.1, 0.15) is 27.0 Å². The van der Waals surface area contributed by atoms with Crippen LogP contribution < -0.4 is 9.64 Å². The number of H-pyrrole nitrogens is 1. The molecule has 4 aromatic rings. The van der Waals surface area contributed by atoms with Crippen molar-refractivity contribution in [2.75, 3.05) is 17.8 Å². The Kier molecular flexibility index (Phi) is 6.48. The standard InChI is InChI=1S/C29H25N3O3S/c1-18-12-19(2)14-21(13-18)32-28(34)26(15-20-8-10-22(35-3)11-9-20)31-29(32)36-17-27(33)24-16-30-25-7-5-4-6-23(24)25/h4-16,30H,17H2,1-3H3/b26-15-. The van der Waals surface area contributed by atoms with Gasteiger partial charge in [0.2, 0.25) is 0 Å².